The molecule has 2 aromatic carbocycles. The maximum Gasteiger partial charge on any atom is 0.349 e. The van der Waals surface area contributed by atoms with Crippen LogP contribution in [0.4, 0.5) is 11.4 Å². The van der Waals surface area contributed by atoms with Crippen LogP contribution in [0.3, 0.4) is 0 Å². The third kappa shape index (κ3) is 4.07. The lowest BCUT2D eigenvalue weighted by molar-refractivity contribution is -0.382. The lowest BCUT2D eigenvalue weighted by Crippen LogP contribution is -2.09. The van der Waals surface area contributed by atoms with E-state index in [-0.39, 0.29) is 30.9 Å². The van der Waals surface area contributed by atoms with Crippen LogP contribution in [-0.2, 0) is 13.6 Å². The average molecular weight is 338 g/mol. The predicted octanol–water partition coefficient (Wildman–Crippen LogP) is 4.38. The second-order valence-electron chi connectivity index (χ2n) is 4.72. The average Bonchev–Trinajstić information content (AvgIpc) is 2.52. The molecule has 0 aliphatic carbocycles. The number of rotatable bonds is 8. The lowest BCUT2D eigenvalue weighted by Gasteiger charge is -2.18. The molecule has 8 heteroatoms. The van der Waals surface area contributed by atoms with Gasteiger partial charge in [-0.1, -0.05) is 24.3 Å². The van der Waals surface area contributed by atoms with E-state index >= 15 is 0 Å². The van der Waals surface area contributed by atoms with E-state index in [0.717, 1.165) is 5.39 Å². The maximum absolute atomic E-state index is 12.5. The molecule has 0 saturated carbocycles. The van der Waals surface area contributed by atoms with Crippen molar-refractivity contribution in [2.24, 2.45) is 0 Å². The molecule has 1 N–H and O–H groups in total. The van der Waals surface area contributed by atoms with E-state index in [2.05, 4.69) is 5.32 Å². The van der Waals surface area contributed by atoms with Gasteiger partial charge in [-0.05, 0) is 31.4 Å². The molecular weight excluding hydrogens is 319 g/mol. The second-order valence-corrected chi connectivity index (χ2v) is 6.78. The Morgan fingerprint density at radius 3 is 2.39 bits per heavy atom. The molecule has 23 heavy (non-hydrogen) atoms. The van der Waals surface area contributed by atoms with Crippen LogP contribution >= 0.6 is 7.60 Å². The molecule has 124 valence electrons. The van der Waals surface area contributed by atoms with Gasteiger partial charge in [0.1, 0.15) is 12.0 Å². The Hall–Kier alpha value is -1.95. The van der Waals surface area contributed by atoms with E-state index in [1.165, 1.54) is 0 Å². The standard InChI is InChI=1S/C15H19N2O5P/c1-3-21-23(20,22-4-2)11-16-14-10-9-12-7-5-6-8-13(12)15(14)17(18)19/h5-10,16H,3-4,11H2,1-2H3. The fourth-order valence-corrected chi connectivity index (χ4v) is 3.71. The van der Waals surface area contributed by atoms with Crippen LogP contribution in [0.15, 0.2) is 36.4 Å². The number of hydrogen-bond donors (Lipinski definition) is 1. The molecule has 0 aliphatic heterocycles. The van der Waals surface area contributed by atoms with Crippen molar-refractivity contribution in [1.82, 2.24) is 0 Å². The summed E-state index contributed by atoms with van der Waals surface area (Å²) in [5, 5.41) is 15.6. The number of nitrogens with one attached hydrogen (secondary N) is 1. The summed E-state index contributed by atoms with van der Waals surface area (Å²) in [6, 6.07) is 10.4. The zero-order chi connectivity index (χ0) is 16.9. The first-order valence-electron chi connectivity index (χ1n) is 7.29. The predicted molar refractivity (Wildman–Crippen MR) is 90.0 cm³/mol. The van der Waals surface area contributed by atoms with Gasteiger partial charge in [-0.25, -0.2) is 0 Å². The van der Waals surface area contributed by atoms with Crippen LogP contribution in [0.2, 0.25) is 0 Å². The molecule has 0 aromatic heterocycles. The minimum Gasteiger partial charge on any atom is -0.368 e. The number of benzene rings is 2. The van der Waals surface area contributed by atoms with Crippen molar-refractivity contribution in [2.45, 2.75) is 13.8 Å². The van der Waals surface area contributed by atoms with Crippen molar-refractivity contribution in [3.63, 3.8) is 0 Å². The topological polar surface area (TPSA) is 90.7 Å². The number of nitrogens with zero attached hydrogens (tertiary/aromatic N) is 1. The fourth-order valence-electron chi connectivity index (χ4n) is 2.30. The highest BCUT2D eigenvalue weighted by molar-refractivity contribution is 7.53. The fraction of sp³-hybridized carbons (Fsp3) is 0.333. The van der Waals surface area contributed by atoms with Crippen LogP contribution in [0.5, 0.6) is 0 Å². The number of anilines is 1. The molecule has 0 radical (unpaired) electrons. The molecule has 0 unspecified atom stereocenters. The zero-order valence-electron chi connectivity index (χ0n) is 13.0. The van der Waals surface area contributed by atoms with Crippen molar-refractivity contribution < 1.29 is 18.5 Å². The highest BCUT2D eigenvalue weighted by atomic mass is 31.2. The van der Waals surface area contributed by atoms with Crippen molar-refractivity contribution >= 4 is 29.7 Å². The summed E-state index contributed by atoms with van der Waals surface area (Å²) in [5.74, 6) is 0. The minimum atomic E-state index is -3.33. The van der Waals surface area contributed by atoms with E-state index in [4.69, 9.17) is 9.05 Å². The molecule has 7 nitrogen and oxygen atoms in total. The van der Waals surface area contributed by atoms with Crippen LogP contribution in [-0.4, -0.2) is 24.4 Å². The van der Waals surface area contributed by atoms with Crippen LogP contribution in [0.1, 0.15) is 13.8 Å². The Morgan fingerprint density at radius 1 is 1.13 bits per heavy atom. The summed E-state index contributed by atoms with van der Waals surface area (Å²) in [6.07, 6.45) is -0.131. The summed E-state index contributed by atoms with van der Waals surface area (Å²) in [4.78, 5) is 11.0. The van der Waals surface area contributed by atoms with Gasteiger partial charge in [-0.15, -0.1) is 0 Å². The van der Waals surface area contributed by atoms with E-state index in [1.54, 1.807) is 44.2 Å². The van der Waals surface area contributed by atoms with Gasteiger partial charge in [0.15, 0.2) is 0 Å². The molecule has 0 bridgehead atoms. The third-order valence-corrected chi connectivity index (χ3v) is 5.05. The largest absolute Gasteiger partial charge is 0.368 e. The van der Waals surface area contributed by atoms with Crippen molar-refractivity contribution in [3.8, 4) is 0 Å². The number of fused-ring (bicyclic) bond motifs is 1. The van der Waals surface area contributed by atoms with Gasteiger partial charge < -0.3 is 14.4 Å². The van der Waals surface area contributed by atoms with Gasteiger partial charge >= 0.3 is 7.60 Å². The Kier molecular flexibility index (Phi) is 5.71. The Balaban J connectivity index is 2.34. The van der Waals surface area contributed by atoms with Gasteiger partial charge in [-0.3, -0.25) is 14.7 Å². The van der Waals surface area contributed by atoms with Gasteiger partial charge in [0.2, 0.25) is 0 Å². The van der Waals surface area contributed by atoms with Gasteiger partial charge in [0, 0.05) is 0 Å². The highest BCUT2D eigenvalue weighted by Gasteiger charge is 2.26. The third-order valence-electron chi connectivity index (χ3n) is 3.20. The second kappa shape index (κ2) is 7.55. The van der Waals surface area contributed by atoms with Crippen LogP contribution in [0, 0.1) is 10.1 Å². The molecule has 2 rings (SSSR count). The molecule has 0 saturated heterocycles. The quantitative estimate of drug-likeness (QED) is 0.436. The summed E-state index contributed by atoms with van der Waals surface area (Å²) in [6.45, 7) is 3.89. The number of nitro benzene ring substituents is 1. The minimum absolute atomic E-state index is 0.0531. The molecular formula is C15H19N2O5P. The molecule has 0 spiro atoms. The van der Waals surface area contributed by atoms with Gasteiger partial charge in [-0.2, -0.15) is 0 Å². The molecule has 0 aliphatic rings. The monoisotopic (exact) mass is 338 g/mol. The lowest BCUT2D eigenvalue weighted by atomic mass is 10.1. The summed E-state index contributed by atoms with van der Waals surface area (Å²) in [7, 11) is -3.33. The highest BCUT2D eigenvalue weighted by Crippen LogP contribution is 2.48. The first kappa shape index (κ1) is 17.4. The number of nitro groups is 1. The van der Waals surface area contributed by atoms with Gasteiger partial charge in [0.05, 0.1) is 23.5 Å². The van der Waals surface area contributed by atoms with E-state index < -0.39 is 12.5 Å². The zero-order valence-corrected chi connectivity index (χ0v) is 13.9. The van der Waals surface area contributed by atoms with E-state index in [1.807, 2.05) is 6.07 Å². The van der Waals surface area contributed by atoms with Crippen molar-refractivity contribution in [3.05, 3.63) is 46.5 Å². The van der Waals surface area contributed by atoms with Crippen LogP contribution in [0.25, 0.3) is 10.8 Å². The normalized spacial score (nSPS) is 11.6. The number of hydrogen-bond acceptors (Lipinski definition) is 6. The Labute approximate surface area is 134 Å². The molecule has 0 fully saturated rings. The van der Waals surface area contributed by atoms with Crippen molar-refractivity contribution in [2.75, 3.05) is 24.8 Å². The first-order chi connectivity index (χ1) is 11.0. The first-order valence-corrected chi connectivity index (χ1v) is 9.01. The summed E-state index contributed by atoms with van der Waals surface area (Å²) in [5.41, 5.74) is 0.232. The summed E-state index contributed by atoms with van der Waals surface area (Å²) >= 11 is 0. The molecule has 0 atom stereocenters. The van der Waals surface area contributed by atoms with Crippen LogP contribution < -0.4 is 5.32 Å². The Morgan fingerprint density at radius 2 is 1.78 bits per heavy atom. The van der Waals surface area contributed by atoms with E-state index in [9.17, 15) is 14.7 Å². The van der Waals surface area contributed by atoms with Gasteiger partial charge in [0.25, 0.3) is 5.69 Å². The summed E-state index contributed by atoms with van der Waals surface area (Å²) < 4.78 is 22.8. The smallest absolute Gasteiger partial charge is 0.349 e. The van der Waals surface area contributed by atoms with E-state index in [0.29, 0.717) is 5.39 Å². The molecule has 2 aromatic rings. The SMILES string of the molecule is CCOP(=O)(CNc1ccc2ccccc2c1[N+](=O)[O-])OCC. The molecule has 0 amide bonds. The van der Waals surface area contributed by atoms with Crippen molar-refractivity contribution in [1.29, 1.82) is 0 Å². The maximum atomic E-state index is 12.5. The Bertz CT molecular complexity index is 740. The molecule has 0 heterocycles.